The Kier molecular flexibility index (Phi) is 5.74. The van der Waals surface area contributed by atoms with Gasteiger partial charge >= 0.3 is 0 Å². The second-order valence-corrected chi connectivity index (χ2v) is 7.58. The summed E-state index contributed by atoms with van der Waals surface area (Å²) in [4.78, 5) is 15.3. The lowest BCUT2D eigenvalue weighted by Crippen LogP contribution is -2.36. The van der Waals surface area contributed by atoms with Crippen molar-refractivity contribution in [2.75, 3.05) is 27.3 Å². The lowest BCUT2D eigenvalue weighted by Gasteiger charge is -2.26. The van der Waals surface area contributed by atoms with Gasteiger partial charge in [-0.2, -0.15) is 5.10 Å². The van der Waals surface area contributed by atoms with Crippen molar-refractivity contribution < 1.29 is 14.3 Å². The third kappa shape index (κ3) is 3.90. The van der Waals surface area contributed by atoms with Crippen LogP contribution in [0.1, 0.15) is 35.3 Å². The fourth-order valence-electron chi connectivity index (χ4n) is 3.82. The van der Waals surface area contributed by atoms with Crippen LogP contribution in [-0.2, 0) is 0 Å². The molecule has 3 aromatic rings. The standard InChI is InChI=1S/C24H27N3O3/c1-17-7-9-18(10-8-17)27-22(24(28)26-13-5-4-6-14-26)16-21(25-27)20-12-11-19(29-2)15-23(20)30-3/h7-12,15-16H,4-6,13-14H2,1-3H3. The highest BCUT2D eigenvalue weighted by molar-refractivity contribution is 5.94. The molecule has 0 spiro atoms. The van der Waals surface area contributed by atoms with Gasteiger partial charge in [-0.15, -0.1) is 0 Å². The maximum atomic E-state index is 13.4. The van der Waals surface area contributed by atoms with Crippen LogP contribution in [0.3, 0.4) is 0 Å². The van der Waals surface area contributed by atoms with Crippen LogP contribution in [0.2, 0.25) is 0 Å². The summed E-state index contributed by atoms with van der Waals surface area (Å²) in [5.74, 6) is 1.37. The molecule has 0 aliphatic carbocycles. The van der Waals surface area contributed by atoms with Crippen molar-refractivity contribution in [3.63, 3.8) is 0 Å². The second-order valence-electron chi connectivity index (χ2n) is 7.58. The maximum Gasteiger partial charge on any atom is 0.272 e. The number of amides is 1. The van der Waals surface area contributed by atoms with Gasteiger partial charge in [0.1, 0.15) is 17.2 Å². The van der Waals surface area contributed by atoms with E-state index in [1.54, 1.807) is 18.9 Å². The first-order valence-corrected chi connectivity index (χ1v) is 10.3. The fraction of sp³-hybridized carbons (Fsp3) is 0.333. The highest BCUT2D eigenvalue weighted by Crippen LogP contribution is 2.34. The Balaban J connectivity index is 1.81. The topological polar surface area (TPSA) is 56.6 Å². The minimum absolute atomic E-state index is 0.0153. The molecule has 0 unspecified atom stereocenters. The first kappa shape index (κ1) is 20.0. The quantitative estimate of drug-likeness (QED) is 0.628. The number of likely N-dealkylation sites (tertiary alicyclic amines) is 1. The zero-order valence-electron chi connectivity index (χ0n) is 17.7. The van der Waals surface area contributed by atoms with Gasteiger partial charge in [0.05, 0.1) is 25.6 Å². The minimum atomic E-state index is 0.0153. The highest BCUT2D eigenvalue weighted by Gasteiger charge is 2.25. The molecule has 0 saturated carbocycles. The van der Waals surface area contributed by atoms with Crippen molar-refractivity contribution in [1.29, 1.82) is 0 Å². The Morgan fingerprint density at radius 3 is 2.33 bits per heavy atom. The predicted octanol–water partition coefficient (Wildman–Crippen LogP) is 4.49. The van der Waals surface area contributed by atoms with Gasteiger partial charge < -0.3 is 14.4 Å². The molecule has 2 heterocycles. The number of nitrogens with zero attached hydrogens (tertiary/aromatic N) is 3. The molecule has 1 aliphatic rings. The first-order chi connectivity index (χ1) is 14.6. The Morgan fingerprint density at radius 1 is 0.933 bits per heavy atom. The van der Waals surface area contributed by atoms with E-state index in [0.717, 1.165) is 42.7 Å². The Labute approximate surface area is 177 Å². The molecule has 1 saturated heterocycles. The summed E-state index contributed by atoms with van der Waals surface area (Å²) < 4.78 is 12.6. The number of carbonyl (C=O) groups excluding carboxylic acids is 1. The smallest absolute Gasteiger partial charge is 0.272 e. The molecule has 0 atom stereocenters. The Hall–Kier alpha value is -3.28. The summed E-state index contributed by atoms with van der Waals surface area (Å²) in [5, 5.41) is 4.81. The summed E-state index contributed by atoms with van der Waals surface area (Å²) in [6, 6.07) is 15.5. The molecule has 1 amide bonds. The van der Waals surface area contributed by atoms with Crippen LogP contribution in [0.4, 0.5) is 0 Å². The number of aryl methyl sites for hydroxylation is 1. The molecule has 30 heavy (non-hydrogen) atoms. The van der Waals surface area contributed by atoms with Gasteiger partial charge in [-0.25, -0.2) is 4.68 Å². The first-order valence-electron chi connectivity index (χ1n) is 10.3. The van der Waals surface area contributed by atoms with Crippen molar-refractivity contribution in [1.82, 2.24) is 14.7 Å². The predicted molar refractivity (Wildman–Crippen MR) is 117 cm³/mol. The van der Waals surface area contributed by atoms with E-state index in [-0.39, 0.29) is 5.91 Å². The molecule has 4 rings (SSSR count). The molecule has 0 radical (unpaired) electrons. The number of carbonyl (C=O) groups is 1. The lowest BCUT2D eigenvalue weighted by atomic mass is 10.1. The molecule has 1 aliphatic heterocycles. The van der Waals surface area contributed by atoms with E-state index in [9.17, 15) is 4.79 Å². The third-order valence-electron chi connectivity index (χ3n) is 5.53. The van der Waals surface area contributed by atoms with E-state index < -0.39 is 0 Å². The minimum Gasteiger partial charge on any atom is -0.497 e. The number of rotatable bonds is 5. The monoisotopic (exact) mass is 405 g/mol. The maximum absolute atomic E-state index is 13.4. The van der Waals surface area contributed by atoms with E-state index in [4.69, 9.17) is 14.6 Å². The van der Waals surface area contributed by atoms with Gasteiger partial charge in [0.15, 0.2) is 0 Å². The van der Waals surface area contributed by atoms with E-state index in [1.165, 1.54) is 6.42 Å². The van der Waals surface area contributed by atoms with Crippen molar-refractivity contribution >= 4 is 5.91 Å². The van der Waals surface area contributed by atoms with E-state index in [1.807, 2.05) is 60.4 Å². The molecule has 2 aromatic carbocycles. The average molecular weight is 405 g/mol. The molecule has 156 valence electrons. The lowest BCUT2D eigenvalue weighted by molar-refractivity contribution is 0.0715. The van der Waals surface area contributed by atoms with Gasteiger partial charge in [-0.1, -0.05) is 17.7 Å². The van der Waals surface area contributed by atoms with Crippen LogP contribution in [0.15, 0.2) is 48.5 Å². The number of methoxy groups -OCH3 is 2. The van der Waals surface area contributed by atoms with Crippen LogP contribution in [0.5, 0.6) is 11.5 Å². The van der Waals surface area contributed by atoms with Crippen molar-refractivity contribution in [2.24, 2.45) is 0 Å². The number of aromatic nitrogens is 2. The number of piperidine rings is 1. The highest BCUT2D eigenvalue weighted by atomic mass is 16.5. The molecular weight excluding hydrogens is 378 g/mol. The number of benzene rings is 2. The van der Waals surface area contributed by atoms with Crippen molar-refractivity contribution in [3.8, 4) is 28.4 Å². The molecule has 1 aromatic heterocycles. The molecule has 6 nitrogen and oxygen atoms in total. The van der Waals surface area contributed by atoms with Crippen molar-refractivity contribution in [3.05, 3.63) is 59.8 Å². The number of hydrogen-bond donors (Lipinski definition) is 0. The number of hydrogen-bond acceptors (Lipinski definition) is 4. The SMILES string of the molecule is COc1ccc(-c2cc(C(=O)N3CCCCC3)n(-c3ccc(C)cc3)n2)c(OC)c1. The van der Waals surface area contributed by atoms with E-state index in [0.29, 0.717) is 22.9 Å². The zero-order chi connectivity index (χ0) is 21.1. The zero-order valence-corrected chi connectivity index (χ0v) is 17.7. The van der Waals surface area contributed by atoms with Crippen LogP contribution in [0.25, 0.3) is 16.9 Å². The summed E-state index contributed by atoms with van der Waals surface area (Å²) in [5.41, 5.74) is 4.09. The van der Waals surface area contributed by atoms with Gasteiger partial charge in [0.25, 0.3) is 5.91 Å². The van der Waals surface area contributed by atoms with Gasteiger partial charge in [-0.3, -0.25) is 4.79 Å². The number of ether oxygens (including phenoxy) is 2. The molecule has 0 bridgehead atoms. The molecular formula is C24H27N3O3. The van der Waals surface area contributed by atoms with Crippen LogP contribution < -0.4 is 9.47 Å². The largest absolute Gasteiger partial charge is 0.497 e. The summed E-state index contributed by atoms with van der Waals surface area (Å²) >= 11 is 0. The van der Waals surface area contributed by atoms with Crippen LogP contribution >= 0.6 is 0 Å². The van der Waals surface area contributed by atoms with Crippen LogP contribution in [0, 0.1) is 6.92 Å². The third-order valence-corrected chi connectivity index (χ3v) is 5.53. The summed E-state index contributed by atoms with van der Waals surface area (Å²) in [6.45, 7) is 3.62. The Bertz CT molecular complexity index is 1030. The molecule has 0 N–H and O–H groups in total. The summed E-state index contributed by atoms with van der Waals surface area (Å²) in [7, 11) is 3.24. The molecule has 6 heteroatoms. The average Bonchev–Trinajstić information content (AvgIpc) is 3.24. The normalized spacial score (nSPS) is 13.9. The fourth-order valence-corrected chi connectivity index (χ4v) is 3.82. The van der Waals surface area contributed by atoms with Crippen LogP contribution in [-0.4, -0.2) is 47.9 Å². The van der Waals surface area contributed by atoms with Gasteiger partial charge in [-0.05, 0) is 56.5 Å². The van der Waals surface area contributed by atoms with Gasteiger partial charge in [0, 0.05) is 24.7 Å². The second kappa shape index (κ2) is 8.61. The van der Waals surface area contributed by atoms with E-state index >= 15 is 0 Å². The Morgan fingerprint density at radius 2 is 1.67 bits per heavy atom. The van der Waals surface area contributed by atoms with E-state index in [2.05, 4.69) is 0 Å². The van der Waals surface area contributed by atoms with Crippen molar-refractivity contribution in [2.45, 2.75) is 26.2 Å². The summed E-state index contributed by atoms with van der Waals surface area (Å²) in [6.07, 6.45) is 3.27. The molecule has 1 fully saturated rings. The van der Waals surface area contributed by atoms with Gasteiger partial charge in [0.2, 0.25) is 0 Å².